The van der Waals surface area contributed by atoms with Crippen molar-refractivity contribution in [2.75, 3.05) is 24.4 Å². The van der Waals surface area contributed by atoms with Gasteiger partial charge in [-0.25, -0.2) is 8.42 Å². The summed E-state index contributed by atoms with van der Waals surface area (Å²) in [5, 5.41) is 9.25. The Morgan fingerprint density at radius 2 is 2.00 bits per heavy atom. The van der Waals surface area contributed by atoms with Gasteiger partial charge in [-0.3, -0.25) is 9.79 Å². The first-order valence-corrected chi connectivity index (χ1v) is 10.8. The Balaban J connectivity index is 0.00000676. The summed E-state index contributed by atoms with van der Waals surface area (Å²) in [6.07, 6.45) is 3.06. The molecule has 0 aliphatic rings. The van der Waals surface area contributed by atoms with E-state index in [-0.39, 0.29) is 41.7 Å². The number of aliphatic imine (C=N–C) groups is 1. The van der Waals surface area contributed by atoms with Crippen LogP contribution in [0.25, 0.3) is 0 Å². The topological polar surface area (TPSA) is 99.7 Å². The van der Waals surface area contributed by atoms with Gasteiger partial charge in [-0.15, -0.1) is 24.0 Å². The van der Waals surface area contributed by atoms with E-state index < -0.39 is 9.84 Å². The lowest BCUT2D eigenvalue weighted by molar-refractivity contribution is -0.116. The fourth-order valence-electron chi connectivity index (χ4n) is 2.29. The van der Waals surface area contributed by atoms with Crippen LogP contribution in [0.5, 0.6) is 0 Å². The molecular weight excluding hydrogens is 479 g/mol. The third-order valence-electron chi connectivity index (χ3n) is 3.68. The molecule has 7 nitrogen and oxygen atoms in total. The fourth-order valence-corrected chi connectivity index (χ4v) is 3.07. The summed E-state index contributed by atoms with van der Waals surface area (Å²) < 4.78 is 22.5. The fraction of sp³-hybridized carbons (Fsp3) is 0.556. The lowest BCUT2D eigenvalue weighted by atomic mass is 10.2. The van der Waals surface area contributed by atoms with Gasteiger partial charge in [0.1, 0.15) is 9.84 Å². The molecule has 0 saturated carbocycles. The van der Waals surface area contributed by atoms with E-state index in [0.29, 0.717) is 25.3 Å². The molecule has 1 aromatic carbocycles. The zero-order valence-electron chi connectivity index (χ0n) is 16.4. The molecule has 1 atom stereocenters. The quantitative estimate of drug-likeness (QED) is 0.270. The van der Waals surface area contributed by atoms with Gasteiger partial charge in [0.25, 0.3) is 0 Å². The van der Waals surface area contributed by atoms with Gasteiger partial charge in [-0.1, -0.05) is 19.1 Å². The third kappa shape index (κ3) is 11.9. The van der Waals surface area contributed by atoms with Crippen molar-refractivity contribution in [2.24, 2.45) is 4.99 Å². The zero-order chi connectivity index (χ0) is 19.6. The van der Waals surface area contributed by atoms with E-state index in [9.17, 15) is 13.2 Å². The molecule has 0 spiro atoms. The minimum absolute atomic E-state index is 0. The number of benzene rings is 1. The van der Waals surface area contributed by atoms with Gasteiger partial charge in [0.15, 0.2) is 5.96 Å². The van der Waals surface area contributed by atoms with Crippen LogP contribution in [0.2, 0.25) is 0 Å². The van der Waals surface area contributed by atoms with Crippen molar-refractivity contribution in [1.29, 1.82) is 0 Å². The largest absolute Gasteiger partial charge is 0.354 e. The molecule has 0 aliphatic carbocycles. The van der Waals surface area contributed by atoms with E-state index in [1.54, 1.807) is 7.05 Å². The van der Waals surface area contributed by atoms with Gasteiger partial charge in [0.2, 0.25) is 5.91 Å². The molecule has 1 amide bonds. The smallest absolute Gasteiger partial charge is 0.224 e. The number of amides is 1. The normalized spacial score (nSPS) is 12.7. The molecule has 1 unspecified atom stereocenters. The summed E-state index contributed by atoms with van der Waals surface area (Å²) in [6.45, 7) is 4.42. The molecule has 1 aromatic rings. The monoisotopic (exact) mass is 510 g/mol. The first kappa shape index (κ1) is 25.6. The van der Waals surface area contributed by atoms with E-state index in [0.717, 1.165) is 17.7 Å². The maximum Gasteiger partial charge on any atom is 0.224 e. The number of halogens is 1. The van der Waals surface area contributed by atoms with Crippen LogP contribution in [-0.2, 0) is 21.2 Å². The summed E-state index contributed by atoms with van der Waals surface area (Å²) in [6, 6.07) is 7.61. The van der Waals surface area contributed by atoms with Crippen LogP contribution in [0, 0.1) is 0 Å². The van der Waals surface area contributed by atoms with Gasteiger partial charge in [0.05, 0.1) is 5.75 Å². The minimum atomic E-state index is -2.97. The molecule has 154 valence electrons. The molecule has 0 radical (unpaired) electrons. The molecule has 0 aliphatic heterocycles. The van der Waals surface area contributed by atoms with Crippen LogP contribution in [0.3, 0.4) is 0 Å². The zero-order valence-corrected chi connectivity index (χ0v) is 19.6. The second kappa shape index (κ2) is 12.9. The Bertz CT molecular complexity index is 723. The lowest BCUT2D eigenvalue weighted by Crippen LogP contribution is -2.42. The van der Waals surface area contributed by atoms with E-state index >= 15 is 0 Å². The maximum atomic E-state index is 11.7. The van der Waals surface area contributed by atoms with Crippen molar-refractivity contribution in [3.05, 3.63) is 29.8 Å². The predicted molar refractivity (Wildman–Crippen MR) is 123 cm³/mol. The first-order valence-electron chi connectivity index (χ1n) is 8.77. The van der Waals surface area contributed by atoms with E-state index in [2.05, 4.69) is 20.9 Å². The molecule has 0 fully saturated rings. The highest BCUT2D eigenvalue weighted by atomic mass is 127. The Morgan fingerprint density at radius 1 is 1.30 bits per heavy atom. The van der Waals surface area contributed by atoms with E-state index in [4.69, 9.17) is 0 Å². The van der Waals surface area contributed by atoms with E-state index in [1.165, 1.54) is 6.26 Å². The highest BCUT2D eigenvalue weighted by molar-refractivity contribution is 14.0. The molecule has 0 aromatic heterocycles. The third-order valence-corrected chi connectivity index (χ3v) is 4.65. The maximum absolute atomic E-state index is 11.7. The summed E-state index contributed by atoms with van der Waals surface area (Å²) in [5.74, 6) is 0.749. The Kier molecular flexibility index (Phi) is 12.3. The van der Waals surface area contributed by atoms with Crippen LogP contribution >= 0.6 is 24.0 Å². The molecule has 0 bridgehead atoms. The number of anilines is 1. The highest BCUT2D eigenvalue weighted by Crippen LogP contribution is 2.11. The number of carbonyl (C=O) groups excluding carboxylic acids is 1. The number of hydrogen-bond acceptors (Lipinski definition) is 4. The van der Waals surface area contributed by atoms with Gasteiger partial charge in [-0.05, 0) is 37.5 Å². The van der Waals surface area contributed by atoms with Crippen LogP contribution in [0.15, 0.2) is 29.3 Å². The average Bonchev–Trinajstić information content (AvgIpc) is 2.56. The van der Waals surface area contributed by atoms with Gasteiger partial charge >= 0.3 is 0 Å². The molecule has 9 heteroatoms. The van der Waals surface area contributed by atoms with Crippen molar-refractivity contribution in [1.82, 2.24) is 10.6 Å². The minimum Gasteiger partial charge on any atom is -0.354 e. The molecule has 1 rings (SSSR count). The van der Waals surface area contributed by atoms with Crippen molar-refractivity contribution in [3.63, 3.8) is 0 Å². The van der Waals surface area contributed by atoms with Gasteiger partial charge in [0, 0.05) is 38.0 Å². The number of nitrogens with one attached hydrogen (secondary N) is 3. The second-order valence-corrected chi connectivity index (χ2v) is 8.65. The molecule has 0 saturated heterocycles. The van der Waals surface area contributed by atoms with Gasteiger partial charge < -0.3 is 16.0 Å². The Labute approximate surface area is 179 Å². The highest BCUT2D eigenvalue weighted by Gasteiger charge is 2.09. The summed E-state index contributed by atoms with van der Waals surface area (Å²) >= 11 is 0. The SMILES string of the molecule is CCCC(=O)Nc1cccc(CNC(=NC)NC(C)CCS(C)(=O)=O)c1.I. The predicted octanol–water partition coefficient (Wildman–Crippen LogP) is 2.53. The van der Waals surface area contributed by atoms with Crippen LogP contribution in [0.1, 0.15) is 38.7 Å². The molecule has 0 heterocycles. The number of hydrogen-bond donors (Lipinski definition) is 3. The molecule has 3 N–H and O–H groups in total. The average molecular weight is 510 g/mol. The summed E-state index contributed by atoms with van der Waals surface area (Å²) in [7, 11) is -1.30. The number of sulfone groups is 1. The number of nitrogens with zero attached hydrogens (tertiary/aromatic N) is 1. The van der Waals surface area contributed by atoms with E-state index in [1.807, 2.05) is 38.1 Å². The van der Waals surface area contributed by atoms with Crippen molar-refractivity contribution >= 4 is 51.4 Å². The van der Waals surface area contributed by atoms with Crippen molar-refractivity contribution < 1.29 is 13.2 Å². The summed E-state index contributed by atoms with van der Waals surface area (Å²) in [5.41, 5.74) is 1.78. The molecular formula is C18H31IN4O3S. The second-order valence-electron chi connectivity index (χ2n) is 6.39. The Morgan fingerprint density at radius 3 is 2.59 bits per heavy atom. The number of carbonyl (C=O) groups is 1. The lowest BCUT2D eigenvalue weighted by Gasteiger charge is -2.18. The summed E-state index contributed by atoms with van der Waals surface area (Å²) in [4.78, 5) is 15.8. The first-order chi connectivity index (χ1) is 12.2. The van der Waals surface area contributed by atoms with Crippen LogP contribution < -0.4 is 16.0 Å². The number of guanidine groups is 1. The van der Waals surface area contributed by atoms with Gasteiger partial charge in [-0.2, -0.15) is 0 Å². The van der Waals surface area contributed by atoms with Crippen molar-refractivity contribution in [3.8, 4) is 0 Å². The number of rotatable bonds is 9. The molecule has 27 heavy (non-hydrogen) atoms. The van der Waals surface area contributed by atoms with Crippen LogP contribution in [0.4, 0.5) is 5.69 Å². The van der Waals surface area contributed by atoms with Crippen LogP contribution in [-0.4, -0.2) is 45.4 Å². The van der Waals surface area contributed by atoms with Crippen molar-refractivity contribution in [2.45, 2.75) is 45.7 Å². The standard InChI is InChI=1S/C18H30N4O3S.HI/c1-5-7-17(23)22-16-9-6-8-15(12-16)13-20-18(19-3)21-14(2)10-11-26(4,24)25;/h6,8-9,12,14H,5,7,10-11,13H2,1-4H3,(H,22,23)(H2,19,20,21);1H. The Hall–Kier alpha value is -1.36.